The van der Waals surface area contributed by atoms with Gasteiger partial charge >= 0.3 is 0 Å². The summed E-state index contributed by atoms with van der Waals surface area (Å²) in [5, 5.41) is 5.28. The minimum atomic E-state index is 0.735. The van der Waals surface area contributed by atoms with Crippen molar-refractivity contribution in [2.75, 3.05) is 26.7 Å². The number of benzene rings is 1. The van der Waals surface area contributed by atoms with E-state index in [0.29, 0.717) is 0 Å². The predicted octanol–water partition coefficient (Wildman–Crippen LogP) is 3.63. The fraction of sp³-hybridized carbons (Fsp3) is 0.500. The fourth-order valence-corrected chi connectivity index (χ4v) is 3.69. The zero-order valence-electron chi connectivity index (χ0n) is 13.4. The number of nitrogens with zero attached hydrogens (tertiary/aromatic N) is 2. The molecule has 118 valence electrons. The van der Waals surface area contributed by atoms with Crippen LogP contribution in [0.25, 0.3) is 10.9 Å². The van der Waals surface area contributed by atoms with Crippen molar-refractivity contribution in [3.8, 4) is 0 Å². The van der Waals surface area contributed by atoms with Crippen molar-refractivity contribution in [3.63, 3.8) is 0 Å². The Kier molecular flexibility index (Phi) is 4.97. The second-order valence-corrected chi connectivity index (χ2v) is 6.69. The van der Waals surface area contributed by atoms with Gasteiger partial charge in [0.2, 0.25) is 0 Å². The van der Waals surface area contributed by atoms with Gasteiger partial charge in [-0.15, -0.1) is 0 Å². The van der Waals surface area contributed by atoms with Crippen LogP contribution in [-0.4, -0.2) is 36.6 Å². The monoisotopic (exact) mass is 317 g/mol. The number of nitrogens with one attached hydrogen (secondary N) is 1. The molecular formula is C18H24ClN3. The van der Waals surface area contributed by atoms with Crippen LogP contribution in [0.15, 0.2) is 24.3 Å². The summed E-state index contributed by atoms with van der Waals surface area (Å²) in [6.45, 7) is 6.31. The molecule has 2 heterocycles. The van der Waals surface area contributed by atoms with Gasteiger partial charge in [0.1, 0.15) is 0 Å². The van der Waals surface area contributed by atoms with Crippen molar-refractivity contribution in [1.82, 2.24) is 15.2 Å². The highest BCUT2D eigenvalue weighted by Gasteiger charge is 2.21. The number of pyridine rings is 1. The van der Waals surface area contributed by atoms with Crippen LogP contribution in [0.4, 0.5) is 0 Å². The van der Waals surface area contributed by atoms with Gasteiger partial charge in [-0.25, -0.2) is 4.98 Å². The van der Waals surface area contributed by atoms with Crippen LogP contribution in [0, 0.1) is 12.8 Å². The van der Waals surface area contributed by atoms with E-state index in [-0.39, 0.29) is 0 Å². The number of piperidine rings is 1. The lowest BCUT2D eigenvalue weighted by molar-refractivity contribution is 0.165. The van der Waals surface area contributed by atoms with Crippen molar-refractivity contribution < 1.29 is 0 Å². The fourth-order valence-electron chi connectivity index (χ4n) is 3.48. The molecule has 1 unspecified atom stereocenters. The minimum Gasteiger partial charge on any atom is -0.319 e. The molecule has 0 aliphatic carbocycles. The third-order valence-electron chi connectivity index (χ3n) is 4.62. The maximum absolute atomic E-state index is 6.59. The Morgan fingerprint density at radius 3 is 3.00 bits per heavy atom. The SMILES string of the molecule is CNCC1CCCN(Cc2nc3ccccc3c(C)c2Cl)C1. The molecule has 3 nitrogen and oxygen atoms in total. The van der Waals surface area contributed by atoms with Crippen molar-refractivity contribution >= 4 is 22.5 Å². The number of fused-ring (bicyclic) bond motifs is 1. The third kappa shape index (κ3) is 3.27. The topological polar surface area (TPSA) is 28.2 Å². The Labute approximate surface area is 137 Å². The van der Waals surface area contributed by atoms with Crippen LogP contribution in [0.5, 0.6) is 0 Å². The van der Waals surface area contributed by atoms with E-state index in [1.165, 1.54) is 12.8 Å². The maximum Gasteiger partial charge on any atom is 0.0740 e. The molecule has 1 saturated heterocycles. The van der Waals surface area contributed by atoms with Crippen molar-refractivity contribution in [1.29, 1.82) is 0 Å². The molecule has 0 bridgehead atoms. The molecule has 3 rings (SSSR count). The lowest BCUT2D eigenvalue weighted by Crippen LogP contribution is -2.38. The van der Waals surface area contributed by atoms with E-state index in [4.69, 9.17) is 16.6 Å². The summed E-state index contributed by atoms with van der Waals surface area (Å²) >= 11 is 6.59. The quantitative estimate of drug-likeness (QED) is 0.933. The zero-order chi connectivity index (χ0) is 15.5. The van der Waals surface area contributed by atoms with Crippen LogP contribution in [0.2, 0.25) is 5.02 Å². The van der Waals surface area contributed by atoms with E-state index in [2.05, 4.69) is 29.3 Å². The van der Waals surface area contributed by atoms with Gasteiger partial charge in [-0.2, -0.15) is 0 Å². The third-order valence-corrected chi connectivity index (χ3v) is 5.12. The number of hydrogen-bond acceptors (Lipinski definition) is 3. The summed E-state index contributed by atoms with van der Waals surface area (Å²) in [6, 6.07) is 8.25. The molecular weight excluding hydrogens is 294 g/mol. The van der Waals surface area contributed by atoms with E-state index >= 15 is 0 Å². The smallest absolute Gasteiger partial charge is 0.0740 e. The lowest BCUT2D eigenvalue weighted by atomic mass is 9.98. The molecule has 2 aromatic rings. The number of aromatic nitrogens is 1. The molecule has 1 aromatic heterocycles. The Morgan fingerprint density at radius 1 is 1.36 bits per heavy atom. The summed E-state index contributed by atoms with van der Waals surface area (Å²) in [5.74, 6) is 0.735. The average Bonchev–Trinajstić information content (AvgIpc) is 2.53. The van der Waals surface area contributed by atoms with E-state index in [1.54, 1.807) is 0 Å². The first-order valence-corrected chi connectivity index (χ1v) is 8.47. The van der Waals surface area contributed by atoms with Gasteiger partial charge in [0.05, 0.1) is 16.2 Å². The van der Waals surface area contributed by atoms with Crippen molar-refractivity contribution in [2.24, 2.45) is 5.92 Å². The van der Waals surface area contributed by atoms with Crippen molar-refractivity contribution in [2.45, 2.75) is 26.3 Å². The zero-order valence-corrected chi connectivity index (χ0v) is 14.2. The number of para-hydroxylation sites is 1. The van der Waals surface area contributed by atoms with Gasteiger partial charge < -0.3 is 5.32 Å². The second kappa shape index (κ2) is 6.95. The van der Waals surface area contributed by atoms with Crippen LogP contribution >= 0.6 is 11.6 Å². The standard InChI is InChI=1S/C18H24ClN3/c1-13-15-7-3-4-8-16(15)21-17(18(13)19)12-22-9-5-6-14(11-22)10-20-2/h3-4,7-8,14,20H,5-6,9-12H2,1-2H3. The summed E-state index contributed by atoms with van der Waals surface area (Å²) in [4.78, 5) is 7.31. The Balaban J connectivity index is 1.83. The maximum atomic E-state index is 6.59. The van der Waals surface area contributed by atoms with Gasteiger partial charge in [0, 0.05) is 18.5 Å². The van der Waals surface area contributed by atoms with E-state index < -0.39 is 0 Å². The highest BCUT2D eigenvalue weighted by molar-refractivity contribution is 6.32. The molecule has 1 aliphatic heterocycles. The number of likely N-dealkylation sites (tertiary alicyclic amines) is 1. The number of hydrogen-bond donors (Lipinski definition) is 1. The van der Waals surface area contributed by atoms with Crippen LogP contribution in [-0.2, 0) is 6.54 Å². The second-order valence-electron chi connectivity index (χ2n) is 6.32. The lowest BCUT2D eigenvalue weighted by Gasteiger charge is -2.32. The van der Waals surface area contributed by atoms with Gasteiger partial charge in [-0.3, -0.25) is 4.90 Å². The first-order valence-electron chi connectivity index (χ1n) is 8.09. The highest BCUT2D eigenvalue weighted by atomic mass is 35.5. The Hall–Kier alpha value is -1.16. The molecule has 1 N–H and O–H groups in total. The van der Waals surface area contributed by atoms with Gasteiger partial charge in [0.15, 0.2) is 0 Å². The average molecular weight is 318 g/mol. The first-order chi connectivity index (χ1) is 10.7. The summed E-state index contributed by atoms with van der Waals surface area (Å²) in [6.07, 6.45) is 2.58. The van der Waals surface area contributed by atoms with Crippen LogP contribution in [0.3, 0.4) is 0 Å². The van der Waals surface area contributed by atoms with E-state index in [9.17, 15) is 0 Å². The molecule has 0 spiro atoms. The Morgan fingerprint density at radius 2 is 2.18 bits per heavy atom. The minimum absolute atomic E-state index is 0.735. The van der Waals surface area contributed by atoms with Gasteiger partial charge in [0.25, 0.3) is 0 Å². The van der Waals surface area contributed by atoms with Crippen LogP contribution in [0.1, 0.15) is 24.1 Å². The number of aryl methyl sites for hydroxylation is 1. The molecule has 0 radical (unpaired) electrons. The summed E-state index contributed by atoms with van der Waals surface area (Å²) < 4.78 is 0. The molecule has 1 aliphatic rings. The molecule has 0 saturated carbocycles. The first kappa shape index (κ1) is 15.7. The normalized spacial score (nSPS) is 19.7. The predicted molar refractivity (Wildman–Crippen MR) is 93.4 cm³/mol. The van der Waals surface area contributed by atoms with Crippen molar-refractivity contribution in [3.05, 3.63) is 40.5 Å². The molecule has 4 heteroatoms. The highest BCUT2D eigenvalue weighted by Crippen LogP contribution is 2.28. The molecule has 1 fully saturated rings. The van der Waals surface area contributed by atoms with Gasteiger partial charge in [-0.05, 0) is 57.5 Å². The molecule has 1 aromatic carbocycles. The largest absolute Gasteiger partial charge is 0.319 e. The van der Waals surface area contributed by atoms with E-state index in [0.717, 1.165) is 59.3 Å². The summed E-state index contributed by atoms with van der Waals surface area (Å²) in [7, 11) is 2.03. The van der Waals surface area contributed by atoms with E-state index in [1.807, 2.05) is 19.2 Å². The summed E-state index contributed by atoms with van der Waals surface area (Å²) in [5.41, 5.74) is 3.21. The molecule has 1 atom stereocenters. The van der Waals surface area contributed by atoms with Gasteiger partial charge in [-0.1, -0.05) is 29.8 Å². The number of rotatable bonds is 4. The Bertz CT molecular complexity index is 654. The molecule has 22 heavy (non-hydrogen) atoms. The molecule has 0 amide bonds. The number of halogens is 1. The van der Waals surface area contributed by atoms with Crippen LogP contribution < -0.4 is 5.32 Å².